The number of rotatable bonds is 3. The molecule has 0 unspecified atom stereocenters. The number of hydrogen-bond donors (Lipinski definition) is 0. The van der Waals surface area contributed by atoms with Crippen LogP contribution in [0.1, 0.15) is 0 Å². The van der Waals surface area contributed by atoms with Gasteiger partial charge in [-0.25, -0.2) is 8.22 Å². The Morgan fingerprint density at radius 2 is 1.69 bits per heavy atom. The van der Waals surface area contributed by atoms with Gasteiger partial charge >= 0.3 is 8.99 Å². The molecule has 0 aliphatic heterocycles. The molecule has 13 heavy (non-hydrogen) atoms. The fourth-order valence-corrected chi connectivity index (χ4v) is 4.05. The molecular formula is C8H11F2OSi2. The monoisotopic (exact) mass is 217 g/mol. The molecule has 0 aromatic heterocycles. The molecule has 0 N–H and O–H groups in total. The zero-order valence-electron chi connectivity index (χ0n) is 7.55. The minimum Gasteiger partial charge on any atom is -0.406 e. The average molecular weight is 217 g/mol. The Morgan fingerprint density at radius 3 is 2.15 bits per heavy atom. The Kier molecular flexibility index (Phi) is 3.35. The van der Waals surface area contributed by atoms with Crippen LogP contribution < -0.4 is 5.19 Å². The summed E-state index contributed by atoms with van der Waals surface area (Å²) >= 11 is 0. The first kappa shape index (κ1) is 10.6. The fraction of sp³-hybridized carbons (Fsp3) is 0.250. The first-order valence-corrected chi connectivity index (χ1v) is 8.02. The maximum atomic E-state index is 13.3. The van der Waals surface area contributed by atoms with Crippen LogP contribution in [0.2, 0.25) is 13.1 Å². The topological polar surface area (TPSA) is 9.23 Å². The summed E-state index contributed by atoms with van der Waals surface area (Å²) in [5.41, 5.74) is 0. The molecule has 0 spiro atoms. The minimum atomic E-state index is -4.60. The van der Waals surface area contributed by atoms with E-state index in [4.69, 9.17) is 4.12 Å². The zero-order chi connectivity index (χ0) is 9.90. The third-order valence-corrected chi connectivity index (χ3v) is 5.11. The van der Waals surface area contributed by atoms with E-state index in [9.17, 15) is 8.22 Å². The first-order valence-electron chi connectivity index (χ1n) is 3.95. The van der Waals surface area contributed by atoms with Crippen LogP contribution >= 0.6 is 0 Å². The van der Waals surface area contributed by atoms with E-state index in [2.05, 4.69) is 0 Å². The van der Waals surface area contributed by atoms with Crippen molar-refractivity contribution in [1.29, 1.82) is 0 Å². The van der Waals surface area contributed by atoms with Gasteiger partial charge in [0, 0.05) is 5.19 Å². The molecule has 0 bridgehead atoms. The molecule has 1 rings (SSSR count). The molecule has 1 aromatic carbocycles. The van der Waals surface area contributed by atoms with Gasteiger partial charge < -0.3 is 4.12 Å². The van der Waals surface area contributed by atoms with Gasteiger partial charge in [-0.2, -0.15) is 0 Å². The molecule has 0 fully saturated rings. The Balaban J connectivity index is 2.81. The summed E-state index contributed by atoms with van der Waals surface area (Å²) in [5, 5.41) is 0.0567. The minimum absolute atomic E-state index is 0.0567. The summed E-state index contributed by atoms with van der Waals surface area (Å²) in [6, 6.07) is 7.79. The lowest BCUT2D eigenvalue weighted by Crippen LogP contribution is -2.45. The largest absolute Gasteiger partial charge is 0.603 e. The van der Waals surface area contributed by atoms with Gasteiger partial charge in [-0.3, -0.25) is 0 Å². The van der Waals surface area contributed by atoms with Crippen LogP contribution in [-0.2, 0) is 4.12 Å². The van der Waals surface area contributed by atoms with Crippen molar-refractivity contribution in [3.63, 3.8) is 0 Å². The number of hydrogen-bond acceptors (Lipinski definition) is 1. The first-order chi connectivity index (χ1) is 6.02. The summed E-state index contributed by atoms with van der Waals surface area (Å²) in [4.78, 5) is 0. The second kappa shape index (κ2) is 4.12. The van der Waals surface area contributed by atoms with Crippen molar-refractivity contribution in [2.45, 2.75) is 13.1 Å². The molecule has 1 radical (unpaired) electrons. The van der Waals surface area contributed by atoms with Gasteiger partial charge in [-0.1, -0.05) is 30.3 Å². The van der Waals surface area contributed by atoms with Gasteiger partial charge in [-0.05, 0) is 13.1 Å². The Hall–Kier alpha value is -0.526. The Bertz CT molecular complexity index is 264. The lowest BCUT2D eigenvalue weighted by Gasteiger charge is -2.15. The highest BCUT2D eigenvalue weighted by Crippen LogP contribution is 2.10. The van der Waals surface area contributed by atoms with Gasteiger partial charge in [0.1, 0.15) is 0 Å². The molecule has 0 atom stereocenters. The summed E-state index contributed by atoms with van der Waals surface area (Å²) in [6.07, 6.45) is 0. The molecule has 1 nitrogen and oxygen atoms in total. The van der Waals surface area contributed by atoms with Crippen molar-refractivity contribution < 1.29 is 12.3 Å². The van der Waals surface area contributed by atoms with Crippen LogP contribution in [0.4, 0.5) is 8.22 Å². The van der Waals surface area contributed by atoms with Gasteiger partial charge in [0.25, 0.3) is 0 Å². The maximum Gasteiger partial charge on any atom is 0.603 e. The van der Waals surface area contributed by atoms with Crippen molar-refractivity contribution in [1.82, 2.24) is 0 Å². The molecular weight excluding hydrogens is 206 g/mol. The van der Waals surface area contributed by atoms with E-state index in [0.29, 0.717) is 0 Å². The molecule has 0 aliphatic carbocycles. The third-order valence-electron chi connectivity index (χ3n) is 1.44. The van der Waals surface area contributed by atoms with E-state index in [1.54, 1.807) is 31.3 Å². The molecule has 1 aromatic rings. The van der Waals surface area contributed by atoms with Crippen molar-refractivity contribution in [2.75, 3.05) is 0 Å². The number of benzene rings is 1. The summed E-state index contributed by atoms with van der Waals surface area (Å²) in [5.74, 6) is 0. The Morgan fingerprint density at radius 1 is 1.15 bits per heavy atom. The van der Waals surface area contributed by atoms with E-state index >= 15 is 0 Å². The molecule has 0 heterocycles. The predicted molar refractivity (Wildman–Crippen MR) is 52.6 cm³/mol. The highest BCUT2D eigenvalue weighted by atomic mass is 28.5. The van der Waals surface area contributed by atoms with Gasteiger partial charge in [0.15, 0.2) is 9.04 Å². The third kappa shape index (κ3) is 3.02. The lowest BCUT2D eigenvalue weighted by atomic mass is 10.4. The second-order valence-electron chi connectivity index (χ2n) is 2.89. The molecule has 0 aliphatic rings. The van der Waals surface area contributed by atoms with Gasteiger partial charge in [0.05, 0.1) is 0 Å². The van der Waals surface area contributed by atoms with Gasteiger partial charge in [-0.15, -0.1) is 0 Å². The second-order valence-corrected chi connectivity index (χ2v) is 7.14. The maximum absolute atomic E-state index is 13.3. The Labute approximate surface area is 79.6 Å². The molecule has 0 saturated carbocycles. The van der Waals surface area contributed by atoms with Crippen LogP contribution in [0.5, 0.6) is 0 Å². The van der Waals surface area contributed by atoms with E-state index in [0.717, 1.165) is 0 Å². The van der Waals surface area contributed by atoms with Crippen LogP contribution in [0.15, 0.2) is 30.3 Å². The van der Waals surface area contributed by atoms with Crippen LogP contribution in [0.25, 0.3) is 0 Å². The van der Waals surface area contributed by atoms with E-state index < -0.39 is 18.0 Å². The lowest BCUT2D eigenvalue weighted by molar-refractivity contribution is 0.406. The van der Waals surface area contributed by atoms with Crippen molar-refractivity contribution in [3.05, 3.63) is 30.3 Å². The van der Waals surface area contributed by atoms with Crippen LogP contribution in [0.3, 0.4) is 0 Å². The smallest absolute Gasteiger partial charge is 0.406 e. The SMILES string of the molecule is C[Si](C)O[Si](F)(F)c1ccccc1. The van der Waals surface area contributed by atoms with Crippen molar-refractivity contribution >= 4 is 23.2 Å². The normalized spacial score (nSPS) is 12.1. The standard InChI is InChI=1S/C8H11F2OSi2/c1-12(2)11-13(9,10)8-6-4-3-5-7-8/h3-7H,1-2H3. The summed E-state index contributed by atoms with van der Waals surface area (Å²) in [6.45, 7) is 3.43. The predicted octanol–water partition coefficient (Wildman–Crippen LogP) is 2.04. The highest BCUT2D eigenvalue weighted by molar-refractivity contribution is 6.79. The average Bonchev–Trinajstić information content (AvgIpc) is 2.04. The van der Waals surface area contributed by atoms with Crippen LogP contribution in [-0.4, -0.2) is 18.0 Å². The summed E-state index contributed by atoms with van der Waals surface area (Å²) < 4.78 is 31.4. The number of halogens is 2. The van der Waals surface area contributed by atoms with Crippen LogP contribution in [0, 0.1) is 0 Å². The fourth-order valence-electron chi connectivity index (χ4n) is 0.947. The van der Waals surface area contributed by atoms with E-state index in [1.165, 1.54) is 12.1 Å². The highest BCUT2D eigenvalue weighted by Gasteiger charge is 2.41. The molecule has 0 saturated heterocycles. The molecule has 71 valence electrons. The molecule has 5 heteroatoms. The van der Waals surface area contributed by atoms with Gasteiger partial charge in [0.2, 0.25) is 0 Å². The van der Waals surface area contributed by atoms with Crippen molar-refractivity contribution in [3.8, 4) is 0 Å². The van der Waals surface area contributed by atoms with E-state index in [-0.39, 0.29) is 5.19 Å². The molecule has 0 amide bonds. The van der Waals surface area contributed by atoms with Crippen molar-refractivity contribution in [2.24, 2.45) is 0 Å². The zero-order valence-corrected chi connectivity index (χ0v) is 9.55. The summed E-state index contributed by atoms with van der Waals surface area (Å²) in [7, 11) is -5.92. The quantitative estimate of drug-likeness (QED) is 0.556. The van der Waals surface area contributed by atoms with E-state index in [1.807, 2.05) is 0 Å².